The van der Waals surface area contributed by atoms with E-state index in [9.17, 15) is 5.11 Å². The standard InChI is InChI=1S/C16H21N3OS/c20-15(11-19-14-5-7-17-8-6-14)12-1-3-13(4-2-12)16-18-9-10-21-16/h1-4,9-10,14-15,17,19-20H,5-8,11H2. The molecule has 0 saturated carbocycles. The molecule has 112 valence electrons. The van der Waals surface area contributed by atoms with Crippen molar-refractivity contribution in [3.63, 3.8) is 0 Å². The topological polar surface area (TPSA) is 57.2 Å². The van der Waals surface area contributed by atoms with Crippen LogP contribution in [-0.4, -0.2) is 35.8 Å². The summed E-state index contributed by atoms with van der Waals surface area (Å²) in [7, 11) is 0. The van der Waals surface area contributed by atoms with Gasteiger partial charge in [-0.25, -0.2) is 4.98 Å². The van der Waals surface area contributed by atoms with Gasteiger partial charge in [0.2, 0.25) is 0 Å². The molecule has 5 heteroatoms. The van der Waals surface area contributed by atoms with Gasteiger partial charge in [0.25, 0.3) is 0 Å². The molecule has 0 radical (unpaired) electrons. The van der Waals surface area contributed by atoms with Crippen LogP contribution in [-0.2, 0) is 0 Å². The van der Waals surface area contributed by atoms with E-state index in [1.165, 1.54) is 0 Å². The van der Waals surface area contributed by atoms with Gasteiger partial charge in [-0.3, -0.25) is 0 Å². The highest BCUT2D eigenvalue weighted by Gasteiger charge is 2.15. The van der Waals surface area contributed by atoms with Crippen molar-refractivity contribution in [1.82, 2.24) is 15.6 Å². The second-order valence-electron chi connectivity index (χ2n) is 5.41. The van der Waals surface area contributed by atoms with Crippen LogP contribution in [0.5, 0.6) is 0 Å². The number of aliphatic hydroxyl groups excluding tert-OH is 1. The molecule has 4 nitrogen and oxygen atoms in total. The van der Waals surface area contributed by atoms with Gasteiger partial charge in [0.15, 0.2) is 0 Å². The van der Waals surface area contributed by atoms with E-state index in [0.717, 1.165) is 42.1 Å². The normalized spacial score (nSPS) is 17.8. The van der Waals surface area contributed by atoms with E-state index in [1.807, 2.05) is 35.8 Å². The van der Waals surface area contributed by atoms with Crippen LogP contribution in [0.1, 0.15) is 24.5 Å². The van der Waals surface area contributed by atoms with Crippen LogP contribution < -0.4 is 10.6 Å². The lowest BCUT2D eigenvalue weighted by molar-refractivity contribution is 0.166. The van der Waals surface area contributed by atoms with E-state index in [2.05, 4.69) is 15.6 Å². The lowest BCUT2D eigenvalue weighted by atomic mass is 10.0. The summed E-state index contributed by atoms with van der Waals surface area (Å²) in [5.74, 6) is 0. The van der Waals surface area contributed by atoms with Crippen LogP contribution in [0.25, 0.3) is 10.6 Å². The minimum atomic E-state index is -0.453. The van der Waals surface area contributed by atoms with Crippen LogP contribution in [0.3, 0.4) is 0 Å². The molecule has 1 aromatic carbocycles. The minimum absolute atomic E-state index is 0.453. The molecule has 0 spiro atoms. The Morgan fingerprint density at radius 3 is 2.71 bits per heavy atom. The summed E-state index contributed by atoms with van der Waals surface area (Å²) >= 11 is 1.63. The van der Waals surface area contributed by atoms with E-state index in [-0.39, 0.29) is 0 Å². The van der Waals surface area contributed by atoms with Gasteiger partial charge in [0.05, 0.1) is 6.10 Å². The van der Waals surface area contributed by atoms with Crippen molar-refractivity contribution < 1.29 is 5.11 Å². The van der Waals surface area contributed by atoms with Gasteiger partial charge in [-0.15, -0.1) is 11.3 Å². The summed E-state index contributed by atoms with van der Waals surface area (Å²) < 4.78 is 0. The number of benzene rings is 1. The number of hydrogen-bond acceptors (Lipinski definition) is 5. The predicted octanol–water partition coefficient (Wildman–Crippen LogP) is 2.19. The predicted molar refractivity (Wildman–Crippen MR) is 86.4 cm³/mol. The van der Waals surface area contributed by atoms with Gasteiger partial charge in [0, 0.05) is 29.7 Å². The van der Waals surface area contributed by atoms with Crippen molar-refractivity contribution >= 4 is 11.3 Å². The highest BCUT2D eigenvalue weighted by molar-refractivity contribution is 7.13. The summed E-state index contributed by atoms with van der Waals surface area (Å²) in [6, 6.07) is 8.57. The molecule has 1 fully saturated rings. The molecule has 1 saturated heterocycles. The number of nitrogens with one attached hydrogen (secondary N) is 2. The lowest BCUT2D eigenvalue weighted by Crippen LogP contribution is -2.41. The van der Waals surface area contributed by atoms with Gasteiger partial charge in [0.1, 0.15) is 5.01 Å². The number of piperidine rings is 1. The van der Waals surface area contributed by atoms with Crippen LogP contribution in [0.15, 0.2) is 35.8 Å². The second-order valence-corrected chi connectivity index (χ2v) is 6.30. The molecule has 1 aliphatic heterocycles. The van der Waals surface area contributed by atoms with Crippen LogP contribution >= 0.6 is 11.3 Å². The summed E-state index contributed by atoms with van der Waals surface area (Å²) in [5, 5.41) is 20.1. The molecule has 2 heterocycles. The average molecular weight is 303 g/mol. The molecule has 2 aromatic rings. The molecular formula is C16H21N3OS. The molecule has 1 unspecified atom stereocenters. The van der Waals surface area contributed by atoms with Gasteiger partial charge in [-0.1, -0.05) is 24.3 Å². The summed E-state index contributed by atoms with van der Waals surface area (Å²) in [6.07, 6.45) is 3.63. The zero-order chi connectivity index (χ0) is 14.5. The average Bonchev–Trinajstić information content (AvgIpc) is 3.08. The van der Waals surface area contributed by atoms with E-state index in [4.69, 9.17) is 0 Å². The first-order valence-electron chi connectivity index (χ1n) is 7.45. The summed E-state index contributed by atoms with van der Waals surface area (Å²) in [4.78, 5) is 4.30. The fraction of sp³-hybridized carbons (Fsp3) is 0.438. The summed E-state index contributed by atoms with van der Waals surface area (Å²) in [6.45, 7) is 2.74. The Balaban J connectivity index is 1.55. The van der Waals surface area contributed by atoms with Crippen LogP contribution in [0.4, 0.5) is 0 Å². The Kier molecular flexibility index (Phi) is 4.98. The monoisotopic (exact) mass is 303 g/mol. The molecule has 3 N–H and O–H groups in total. The third kappa shape index (κ3) is 3.89. The number of nitrogens with zero attached hydrogens (tertiary/aromatic N) is 1. The van der Waals surface area contributed by atoms with Crippen molar-refractivity contribution in [3.8, 4) is 10.6 Å². The fourth-order valence-electron chi connectivity index (χ4n) is 2.64. The van der Waals surface area contributed by atoms with Crippen molar-refractivity contribution in [1.29, 1.82) is 0 Å². The van der Waals surface area contributed by atoms with Crippen LogP contribution in [0.2, 0.25) is 0 Å². The van der Waals surface area contributed by atoms with Crippen molar-refractivity contribution in [3.05, 3.63) is 41.4 Å². The maximum atomic E-state index is 10.3. The minimum Gasteiger partial charge on any atom is -0.387 e. The van der Waals surface area contributed by atoms with Gasteiger partial charge < -0.3 is 15.7 Å². The highest BCUT2D eigenvalue weighted by atomic mass is 32.1. The fourth-order valence-corrected chi connectivity index (χ4v) is 3.28. The van der Waals surface area contributed by atoms with E-state index < -0.39 is 6.10 Å². The highest BCUT2D eigenvalue weighted by Crippen LogP contribution is 2.23. The maximum Gasteiger partial charge on any atom is 0.123 e. The van der Waals surface area contributed by atoms with Crippen LogP contribution in [0, 0.1) is 0 Å². The Morgan fingerprint density at radius 1 is 1.29 bits per heavy atom. The third-order valence-electron chi connectivity index (χ3n) is 3.91. The number of aromatic nitrogens is 1. The molecule has 21 heavy (non-hydrogen) atoms. The van der Waals surface area contributed by atoms with E-state index in [0.29, 0.717) is 12.6 Å². The molecular weight excluding hydrogens is 282 g/mol. The molecule has 0 aliphatic carbocycles. The SMILES string of the molecule is OC(CNC1CCNCC1)c1ccc(-c2nccs2)cc1. The Bertz CT molecular complexity index is 535. The molecule has 1 aromatic heterocycles. The Morgan fingerprint density at radius 2 is 2.05 bits per heavy atom. The molecule has 0 bridgehead atoms. The first-order chi connectivity index (χ1) is 10.3. The zero-order valence-corrected chi connectivity index (χ0v) is 12.8. The zero-order valence-electron chi connectivity index (χ0n) is 12.0. The first kappa shape index (κ1) is 14.7. The molecule has 1 atom stereocenters. The Labute approximate surface area is 129 Å². The number of thiazole rings is 1. The van der Waals surface area contributed by atoms with E-state index >= 15 is 0 Å². The maximum absolute atomic E-state index is 10.3. The van der Waals surface area contributed by atoms with Crippen molar-refractivity contribution in [2.75, 3.05) is 19.6 Å². The number of hydrogen-bond donors (Lipinski definition) is 3. The molecule has 3 rings (SSSR count). The Hall–Kier alpha value is -1.27. The van der Waals surface area contributed by atoms with Gasteiger partial charge in [-0.2, -0.15) is 0 Å². The second kappa shape index (κ2) is 7.13. The summed E-state index contributed by atoms with van der Waals surface area (Å²) in [5.41, 5.74) is 2.06. The van der Waals surface area contributed by atoms with Gasteiger partial charge in [-0.05, 0) is 31.5 Å². The van der Waals surface area contributed by atoms with Gasteiger partial charge >= 0.3 is 0 Å². The third-order valence-corrected chi connectivity index (χ3v) is 4.74. The number of rotatable bonds is 5. The largest absolute Gasteiger partial charge is 0.387 e. The van der Waals surface area contributed by atoms with Crippen molar-refractivity contribution in [2.45, 2.75) is 25.0 Å². The van der Waals surface area contributed by atoms with E-state index in [1.54, 1.807) is 11.3 Å². The van der Waals surface area contributed by atoms with Crippen molar-refractivity contribution in [2.24, 2.45) is 0 Å². The molecule has 0 amide bonds. The lowest BCUT2D eigenvalue weighted by Gasteiger charge is -2.25. The molecule has 1 aliphatic rings. The smallest absolute Gasteiger partial charge is 0.123 e. The number of aliphatic hydroxyl groups is 1. The first-order valence-corrected chi connectivity index (χ1v) is 8.33. The quantitative estimate of drug-likeness (QED) is 0.792.